The van der Waals surface area contributed by atoms with Crippen molar-refractivity contribution in [2.75, 3.05) is 76.4 Å². The van der Waals surface area contributed by atoms with Gasteiger partial charge in [-0.1, -0.05) is 18.2 Å². The van der Waals surface area contributed by atoms with Gasteiger partial charge in [0.2, 0.25) is 0 Å². The summed E-state index contributed by atoms with van der Waals surface area (Å²) in [7, 11) is 3.20. The predicted octanol–water partition coefficient (Wildman–Crippen LogP) is 4.21. The molecule has 2 aliphatic rings. The molecule has 0 saturated carbocycles. The molecule has 8 nitrogen and oxygen atoms in total. The first-order valence-electron chi connectivity index (χ1n) is 14.4. The Labute approximate surface area is 234 Å². The van der Waals surface area contributed by atoms with Crippen LogP contribution in [0.2, 0.25) is 0 Å². The van der Waals surface area contributed by atoms with E-state index in [1.54, 1.807) is 7.11 Å². The van der Waals surface area contributed by atoms with Crippen LogP contribution in [-0.2, 0) is 16.1 Å². The Balaban J connectivity index is 1.41. The molecule has 2 saturated heterocycles. The van der Waals surface area contributed by atoms with Gasteiger partial charge in [0.15, 0.2) is 0 Å². The number of benzene rings is 2. The fraction of sp³-hybridized carbons (Fsp3) is 0.581. The van der Waals surface area contributed by atoms with E-state index in [2.05, 4.69) is 57.7 Å². The van der Waals surface area contributed by atoms with E-state index in [9.17, 15) is 9.90 Å². The number of para-hydroxylation sites is 2. The van der Waals surface area contributed by atoms with E-state index in [1.165, 1.54) is 7.11 Å². The second-order valence-electron chi connectivity index (χ2n) is 10.6. The zero-order valence-corrected chi connectivity index (χ0v) is 24.1. The van der Waals surface area contributed by atoms with Crippen LogP contribution in [0, 0.1) is 5.92 Å². The summed E-state index contributed by atoms with van der Waals surface area (Å²) in [6, 6.07) is 14.7. The van der Waals surface area contributed by atoms with Crippen molar-refractivity contribution in [2.24, 2.45) is 5.92 Å². The van der Waals surface area contributed by atoms with Crippen LogP contribution in [0.3, 0.4) is 0 Å². The maximum absolute atomic E-state index is 12.0. The van der Waals surface area contributed by atoms with E-state index in [1.807, 2.05) is 18.2 Å². The van der Waals surface area contributed by atoms with Gasteiger partial charge in [-0.15, -0.1) is 0 Å². The van der Waals surface area contributed by atoms with Crippen LogP contribution in [0.15, 0.2) is 42.5 Å². The number of esters is 1. The van der Waals surface area contributed by atoms with Crippen LogP contribution in [0.4, 0.5) is 11.4 Å². The van der Waals surface area contributed by atoms with Crippen LogP contribution >= 0.6 is 0 Å². The van der Waals surface area contributed by atoms with Gasteiger partial charge in [0.25, 0.3) is 0 Å². The number of likely N-dealkylation sites (tertiary alicyclic amines) is 1. The number of rotatable bonds is 11. The molecule has 0 spiro atoms. The van der Waals surface area contributed by atoms with Gasteiger partial charge >= 0.3 is 5.97 Å². The van der Waals surface area contributed by atoms with Crippen molar-refractivity contribution >= 4 is 17.3 Å². The minimum Gasteiger partial charge on any atom is -0.508 e. The summed E-state index contributed by atoms with van der Waals surface area (Å²) in [6.07, 6.45) is 2.31. The summed E-state index contributed by atoms with van der Waals surface area (Å²) < 4.78 is 10.6. The summed E-state index contributed by atoms with van der Waals surface area (Å²) in [5.74, 6) is 1.51. The number of phenols is 1. The van der Waals surface area contributed by atoms with Gasteiger partial charge in [0.05, 0.1) is 19.9 Å². The number of piperazine rings is 1. The summed E-state index contributed by atoms with van der Waals surface area (Å²) >= 11 is 0. The summed E-state index contributed by atoms with van der Waals surface area (Å²) in [5.41, 5.74) is 3.17. The highest BCUT2D eigenvalue weighted by Gasteiger charge is 2.35. The molecule has 0 bridgehead atoms. The molecular weight excluding hydrogens is 492 g/mol. The number of nitrogens with zero attached hydrogens (tertiary/aromatic N) is 4. The lowest BCUT2D eigenvalue weighted by atomic mass is 9.86. The van der Waals surface area contributed by atoms with Gasteiger partial charge < -0.3 is 24.4 Å². The van der Waals surface area contributed by atoms with Gasteiger partial charge in [0.1, 0.15) is 11.5 Å². The van der Waals surface area contributed by atoms with E-state index < -0.39 is 0 Å². The molecule has 0 radical (unpaired) electrons. The summed E-state index contributed by atoms with van der Waals surface area (Å²) in [4.78, 5) is 21.8. The summed E-state index contributed by atoms with van der Waals surface area (Å²) in [6.45, 7) is 12.6. The molecule has 0 aliphatic carbocycles. The van der Waals surface area contributed by atoms with Gasteiger partial charge in [-0.2, -0.15) is 0 Å². The molecule has 214 valence electrons. The van der Waals surface area contributed by atoms with Crippen molar-refractivity contribution in [3.05, 3.63) is 48.0 Å². The van der Waals surface area contributed by atoms with E-state index >= 15 is 0 Å². The third-order valence-electron chi connectivity index (χ3n) is 8.53. The topological polar surface area (TPSA) is 68.7 Å². The lowest BCUT2D eigenvalue weighted by Crippen LogP contribution is -2.56. The van der Waals surface area contributed by atoms with Gasteiger partial charge in [0, 0.05) is 82.1 Å². The molecule has 0 unspecified atom stereocenters. The molecular formula is C31H46N4O4. The van der Waals surface area contributed by atoms with Crippen molar-refractivity contribution in [1.29, 1.82) is 0 Å². The molecule has 39 heavy (non-hydrogen) atoms. The van der Waals surface area contributed by atoms with Gasteiger partial charge in [-0.25, -0.2) is 0 Å². The SMILES string of the molecule is CCN(CC)c1ccc(CN2CC[C@H](N3CCN(c4ccccc4OC)CC3)[C@H](CCC(=O)OC)C2)c(O)c1. The lowest BCUT2D eigenvalue weighted by Gasteiger charge is -2.47. The predicted molar refractivity (Wildman–Crippen MR) is 157 cm³/mol. The fourth-order valence-corrected chi connectivity index (χ4v) is 6.31. The maximum Gasteiger partial charge on any atom is 0.305 e. The second-order valence-corrected chi connectivity index (χ2v) is 10.6. The third kappa shape index (κ3) is 7.17. The molecule has 2 fully saturated rings. The minimum atomic E-state index is -0.142. The molecule has 0 amide bonds. The Morgan fingerprint density at radius 3 is 2.44 bits per heavy atom. The highest BCUT2D eigenvalue weighted by Crippen LogP contribution is 2.33. The number of carbonyl (C=O) groups excluding carboxylic acids is 1. The first-order valence-corrected chi connectivity index (χ1v) is 14.4. The molecule has 4 rings (SSSR count). The maximum atomic E-state index is 12.0. The Morgan fingerprint density at radius 1 is 1.03 bits per heavy atom. The van der Waals surface area contributed by atoms with Crippen molar-refractivity contribution in [3.8, 4) is 11.5 Å². The molecule has 2 aromatic rings. The smallest absolute Gasteiger partial charge is 0.305 e. The normalized spacial score (nSPS) is 20.6. The number of ether oxygens (including phenoxy) is 2. The average molecular weight is 539 g/mol. The fourth-order valence-electron chi connectivity index (χ4n) is 6.31. The molecule has 2 aliphatic heterocycles. The molecule has 1 N–H and O–H groups in total. The number of methoxy groups -OCH3 is 2. The first-order chi connectivity index (χ1) is 19.0. The van der Waals surface area contributed by atoms with E-state index in [0.29, 0.717) is 30.7 Å². The highest BCUT2D eigenvalue weighted by atomic mass is 16.5. The largest absolute Gasteiger partial charge is 0.508 e. The second kappa shape index (κ2) is 13.9. The first kappa shape index (κ1) is 29.0. The van der Waals surface area contributed by atoms with Crippen LogP contribution in [0.1, 0.15) is 38.7 Å². The average Bonchev–Trinajstić information content (AvgIpc) is 2.98. The molecule has 8 heteroatoms. The van der Waals surface area contributed by atoms with Crippen molar-refractivity contribution < 1.29 is 19.4 Å². The van der Waals surface area contributed by atoms with Crippen molar-refractivity contribution in [3.63, 3.8) is 0 Å². The number of hydrogen-bond acceptors (Lipinski definition) is 8. The molecule has 0 aromatic heterocycles. The number of phenolic OH excluding ortho intramolecular Hbond substituents is 1. The number of carbonyl (C=O) groups is 1. The van der Waals surface area contributed by atoms with E-state index in [-0.39, 0.29) is 5.97 Å². The number of piperidine rings is 1. The van der Waals surface area contributed by atoms with Crippen LogP contribution in [0.25, 0.3) is 0 Å². The van der Waals surface area contributed by atoms with Gasteiger partial charge in [-0.3, -0.25) is 14.6 Å². The number of anilines is 2. The molecule has 2 aromatic carbocycles. The quantitative estimate of drug-likeness (QED) is 0.427. The minimum absolute atomic E-state index is 0.142. The standard InChI is InChI=1S/C31H46N4O4/c1-5-33(6-2)26-13-11-25(29(36)21-26)23-32-16-15-27(24(22-32)12-14-31(37)39-4)34-17-19-35(20-18-34)28-9-7-8-10-30(28)38-3/h7-11,13,21,24,27,36H,5-6,12,14-20,22-23H2,1-4H3/t24-,27+/m1/s1. The number of aromatic hydroxyl groups is 1. The van der Waals surface area contributed by atoms with Crippen LogP contribution < -0.4 is 14.5 Å². The Morgan fingerprint density at radius 2 is 1.77 bits per heavy atom. The molecule has 2 heterocycles. The number of hydrogen-bond donors (Lipinski definition) is 1. The Hall–Kier alpha value is -2.97. The Bertz CT molecular complexity index is 1070. The highest BCUT2D eigenvalue weighted by molar-refractivity contribution is 5.69. The van der Waals surface area contributed by atoms with E-state index in [4.69, 9.17) is 9.47 Å². The van der Waals surface area contributed by atoms with Crippen LogP contribution in [-0.4, -0.2) is 93.5 Å². The molecule has 2 atom stereocenters. The lowest BCUT2D eigenvalue weighted by molar-refractivity contribution is -0.141. The summed E-state index contributed by atoms with van der Waals surface area (Å²) in [5, 5.41) is 10.8. The van der Waals surface area contributed by atoms with Crippen molar-refractivity contribution in [1.82, 2.24) is 9.80 Å². The van der Waals surface area contributed by atoms with Gasteiger partial charge in [-0.05, 0) is 57.4 Å². The Kier molecular flexibility index (Phi) is 10.3. The van der Waals surface area contributed by atoms with Crippen LogP contribution in [0.5, 0.6) is 11.5 Å². The third-order valence-corrected chi connectivity index (χ3v) is 8.53. The van der Waals surface area contributed by atoms with Crippen molar-refractivity contribution in [2.45, 2.75) is 45.7 Å². The zero-order chi connectivity index (χ0) is 27.8. The zero-order valence-electron chi connectivity index (χ0n) is 24.1. The monoisotopic (exact) mass is 538 g/mol. The van der Waals surface area contributed by atoms with E-state index in [0.717, 1.165) is 87.9 Å².